The highest BCUT2D eigenvalue weighted by Crippen LogP contribution is 2.31. The van der Waals surface area contributed by atoms with Crippen LogP contribution in [0.1, 0.15) is 32.6 Å². The summed E-state index contributed by atoms with van der Waals surface area (Å²) >= 11 is 0. The molecule has 2 rings (SSSR count). The van der Waals surface area contributed by atoms with Crippen LogP contribution in [0.5, 0.6) is 0 Å². The molecule has 0 spiro atoms. The number of benzene rings is 1. The van der Waals surface area contributed by atoms with Crippen LogP contribution >= 0.6 is 0 Å². The van der Waals surface area contributed by atoms with Gasteiger partial charge in [0.2, 0.25) is 0 Å². The highest BCUT2D eigenvalue weighted by molar-refractivity contribution is 7.92. The molecule has 4 heteroatoms. The standard InChI is InChI=1S/C13H19NO2S/c1-10-3-2-4-13(9-10)17(15,16)12-7-5-11(14)6-8-12/h5-8,10,13H,2-4,9,14H2,1H3. The van der Waals surface area contributed by atoms with Crippen molar-refractivity contribution in [3.05, 3.63) is 24.3 Å². The van der Waals surface area contributed by atoms with Crippen LogP contribution in [-0.4, -0.2) is 13.7 Å². The molecule has 1 saturated carbocycles. The smallest absolute Gasteiger partial charge is 0.181 e. The van der Waals surface area contributed by atoms with Gasteiger partial charge in [-0.3, -0.25) is 0 Å². The third-order valence-electron chi connectivity index (χ3n) is 3.54. The van der Waals surface area contributed by atoms with Gasteiger partial charge in [0.05, 0.1) is 10.1 Å². The maximum atomic E-state index is 12.4. The Morgan fingerprint density at radius 2 is 1.82 bits per heavy atom. The molecule has 0 saturated heterocycles. The molecule has 0 aliphatic heterocycles. The predicted octanol–water partition coefficient (Wildman–Crippen LogP) is 2.62. The van der Waals surface area contributed by atoms with E-state index in [-0.39, 0.29) is 5.25 Å². The molecule has 1 aromatic carbocycles. The van der Waals surface area contributed by atoms with E-state index in [1.54, 1.807) is 24.3 Å². The van der Waals surface area contributed by atoms with E-state index in [4.69, 9.17) is 5.73 Å². The molecule has 3 nitrogen and oxygen atoms in total. The summed E-state index contributed by atoms with van der Waals surface area (Å²) in [5.74, 6) is 0.511. The average molecular weight is 253 g/mol. The van der Waals surface area contributed by atoms with E-state index in [9.17, 15) is 8.42 Å². The molecule has 0 radical (unpaired) electrons. The maximum absolute atomic E-state index is 12.4. The van der Waals surface area contributed by atoms with E-state index >= 15 is 0 Å². The van der Waals surface area contributed by atoms with Gasteiger partial charge in [0.25, 0.3) is 0 Å². The van der Waals surface area contributed by atoms with Gasteiger partial charge in [0.1, 0.15) is 0 Å². The lowest BCUT2D eigenvalue weighted by Crippen LogP contribution is -2.27. The third kappa shape index (κ3) is 2.63. The first-order valence-corrected chi connectivity index (χ1v) is 7.64. The van der Waals surface area contributed by atoms with Crippen LogP contribution in [0.4, 0.5) is 5.69 Å². The summed E-state index contributed by atoms with van der Waals surface area (Å²) in [6, 6.07) is 6.53. The van der Waals surface area contributed by atoms with Gasteiger partial charge >= 0.3 is 0 Å². The largest absolute Gasteiger partial charge is 0.399 e. The Labute approximate surface area is 103 Å². The fraction of sp³-hybridized carbons (Fsp3) is 0.538. The minimum atomic E-state index is -3.17. The number of hydrogen-bond acceptors (Lipinski definition) is 3. The minimum Gasteiger partial charge on any atom is -0.399 e. The summed E-state index contributed by atoms with van der Waals surface area (Å²) in [5.41, 5.74) is 6.17. The lowest BCUT2D eigenvalue weighted by Gasteiger charge is -2.26. The van der Waals surface area contributed by atoms with Crippen molar-refractivity contribution in [2.24, 2.45) is 5.92 Å². The molecule has 0 heterocycles. The summed E-state index contributed by atoms with van der Waals surface area (Å²) in [6.45, 7) is 2.13. The normalized spacial score (nSPS) is 25.7. The summed E-state index contributed by atoms with van der Waals surface area (Å²) in [4.78, 5) is 0.408. The predicted molar refractivity (Wildman–Crippen MR) is 69.5 cm³/mol. The van der Waals surface area contributed by atoms with Crippen molar-refractivity contribution >= 4 is 15.5 Å². The second-order valence-corrected chi connectivity index (χ2v) is 7.24. The van der Waals surface area contributed by atoms with Gasteiger partial charge in [-0.25, -0.2) is 8.42 Å². The number of nitrogen functional groups attached to an aromatic ring is 1. The fourth-order valence-electron chi connectivity index (χ4n) is 2.51. The zero-order chi connectivity index (χ0) is 12.5. The Bertz CT molecular complexity index is 479. The number of sulfone groups is 1. The molecule has 1 fully saturated rings. The van der Waals surface area contributed by atoms with Gasteiger partial charge in [0, 0.05) is 5.69 Å². The molecule has 0 amide bonds. The molecule has 1 aliphatic carbocycles. The Morgan fingerprint density at radius 1 is 1.18 bits per heavy atom. The van der Waals surface area contributed by atoms with Gasteiger partial charge in [-0.2, -0.15) is 0 Å². The molecule has 17 heavy (non-hydrogen) atoms. The zero-order valence-corrected chi connectivity index (χ0v) is 10.9. The first-order chi connectivity index (χ1) is 8.00. The molecule has 94 valence electrons. The van der Waals surface area contributed by atoms with E-state index < -0.39 is 9.84 Å². The Kier molecular flexibility index (Phi) is 3.43. The molecule has 2 unspecified atom stereocenters. The van der Waals surface area contributed by atoms with E-state index in [1.807, 2.05) is 0 Å². The molecule has 0 bridgehead atoms. The maximum Gasteiger partial charge on any atom is 0.181 e. The topological polar surface area (TPSA) is 60.2 Å². The zero-order valence-electron chi connectivity index (χ0n) is 10.1. The van der Waals surface area contributed by atoms with Crippen molar-refractivity contribution in [2.75, 3.05) is 5.73 Å². The van der Waals surface area contributed by atoms with Crippen LogP contribution in [0.25, 0.3) is 0 Å². The number of anilines is 1. The second kappa shape index (κ2) is 4.69. The Balaban J connectivity index is 2.26. The molecule has 1 aromatic rings. The fourth-order valence-corrected chi connectivity index (χ4v) is 4.47. The van der Waals surface area contributed by atoms with Crippen molar-refractivity contribution in [2.45, 2.75) is 42.8 Å². The summed E-state index contributed by atoms with van der Waals surface area (Å²) in [5, 5.41) is -0.213. The minimum absolute atomic E-state index is 0.213. The molecule has 2 N–H and O–H groups in total. The Morgan fingerprint density at radius 3 is 2.41 bits per heavy atom. The monoisotopic (exact) mass is 253 g/mol. The van der Waals surface area contributed by atoms with Crippen LogP contribution in [0.2, 0.25) is 0 Å². The van der Waals surface area contributed by atoms with E-state index in [2.05, 4.69) is 6.92 Å². The van der Waals surface area contributed by atoms with Gasteiger partial charge in [0.15, 0.2) is 9.84 Å². The van der Waals surface area contributed by atoms with Gasteiger partial charge in [-0.15, -0.1) is 0 Å². The van der Waals surface area contributed by atoms with E-state index in [0.717, 1.165) is 25.7 Å². The molecular formula is C13H19NO2S. The lowest BCUT2D eigenvalue weighted by atomic mass is 9.91. The van der Waals surface area contributed by atoms with Crippen LogP contribution in [0.15, 0.2) is 29.2 Å². The lowest BCUT2D eigenvalue weighted by molar-refractivity contribution is 0.382. The van der Waals surface area contributed by atoms with Crippen molar-refractivity contribution in [3.63, 3.8) is 0 Å². The van der Waals surface area contributed by atoms with Crippen molar-refractivity contribution in [3.8, 4) is 0 Å². The second-order valence-electron chi connectivity index (χ2n) is 5.01. The van der Waals surface area contributed by atoms with E-state index in [1.165, 1.54) is 0 Å². The van der Waals surface area contributed by atoms with Gasteiger partial charge in [-0.1, -0.05) is 19.8 Å². The summed E-state index contributed by atoms with van der Waals surface area (Å²) in [7, 11) is -3.17. The molecule has 0 aromatic heterocycles. The molecule has 1 aliphatic rings. The summed E-state index contributed by atoms with van der Waals surface area (Å²) in [6.07, 6.45) is 3.73. The SMILES string of the molecule is CC1CCCC(S(=O)(=O)c2ccc(N)cc2)C1. The summed E-state index contributed by atoms with van der Waals surface area (Å²) < 4.78 is 24.8. The third-order valence-corrected chi connectivity index (χ3v) is 5.77. The quantitative estimate of drug-likeness (QED) is 0.824. The number of nitrogens with two attached hydrogens (primary N) is 1. The Hall–Kier alpha value is -1.03. The molecule has 2 atom stereocenters. The average Bonchev–Trinajstić information content (AvgIpc) is 2.29. The van der Waals surface area contributed by atoms with Crippen molar-refractivity contribution < 1.29 is 8.42 Å². The van der Waals surface area contributed by atoms with Crippen molar-refractivity contribution in [1.29, 1.82) is 0 Å². The van der Waals surface area contributed by atoms with E-state index in [0.29, 0.717) is 16.5 Å². The van der Waals surface area contributed by atoms with Gasteiger partial charge in [-0.05, 0) is 43.0 Å². The number of rotatable bonds is 2. The highest BCUT2D eigenvalue weighted by Gasteiger charge is 2.31. The first-order valence-electron chi connectivity index (χ1n) is 6.09. The van der Waals surface area contributed by atoms with Crippen LogP contribution in [-0.2, 0) is 9.84 Å². The number of hydrogen-bond donors (Lipinski definition) is 1. The van der Waals surface area contributed by atoms with Gasteiger partial charge < -0.3 is 5.73 Å². The van der Waals surface area contributed by atoms with Crippen LogP contribution in [0, 0.1) is 5.92 Å². The molecular weight excluding hydrogens is 234 g/mol. The van der Waals surface area contributed by atoms with Crippen LogP contribution in [0.3, 0.4) is 0 Å². The van der Waals surface area contributed by atoms with Crippen LogP contribution < -0.4 is 5.73 Å². The van der Waals surface area contributed by atoms with Crippen molar-refractivity contribution in [1.82, 2.24) is 0 Å². The highest BCUT2D eigenvalue weighted by atomic mass is 32.2. The first kappa shape index (κ1) is 12.4.